The number of benzene rings is 4. The Hall–Kier alpha value is -5.62. The topological polar surface area (TPSA) is 42.1 Å². The minimum atomic E-state index is 0.876. The van der Waals surface area contributed by atoms with E-state index in [1.165, 1.54) is 95.3 Å². The summed E-state index contributed by atoms with van der Waals surface area (Å²) in [5.74, 6) is 0. The van der Waals surface area contributed by atoms with Gasteiger partial charge in [0.15, 0.2) is 0 Å². The van der Waals surface area contributed by atoms with Crippen molar-refractivity contribution in [1.29, 1.82) is 0 Å². The third-order valence-electron chi connectivity index (χ3n) is 11.5. The van der Waals surface area contributed by atoms with Gasteiger partial charge in [0.1, 0.15) is 0 Å². The van der Waals surface area contributed by atoms with Crippen LogP contribution < -0.4 is 9.80 Å². The molecule has 0 unspecified atom stereocenters. The van der Waals surface area contributed by atoms with Gasteiger partial charge in [-0.05, 0) is 98.5 Å². The number of unbranched alkanes of at least 4 members (excludes halogenated alkanes) is 4. The van der Waals surface area contributed by atoms with Crippen LogP contribution in [0.1, 0.15) is 79.1 Å². The molecule has 0 spiro atoms. The number of aromatic nitrogens is 4. The average Bonchev–Trinajstić information content (AvgIpc) is 3.76. The van der Waals surface area contributed by atoms with E-state index in [9.17, 15) is 0 Å². The summed E-state index contributed by atoms with van der Waals surface area (Å²) >= 11 is 0. The van der Waals surface area contributed by atoms with Gasteiger partial charge >= 0.3 is 0 Å². The highest BCUT2D eigenvalue weighted by atomic mass is 15.1. The average molecular weight is 741 g/mol. The molecule has 4 heterocycles. The molecule has 56 heavy (non-hydrogen) atoms. The molecule has 0 amide bonds. The monoisotopic (exact) mass is 740 g/mol. The molecular formula is C50H56N6. The molecule has 4 aromatic carbocycles. The third-order valence-corrected chi connectivity index (χ3v) is 11.5. The van der Waals surface area contributed by atoms with Crippen LogP contribution >= 0.6 is 0 Å². The zero-order valence-electron chi connectivity index (χ0n) is 33.7. The summed E-state index contributed by atoms with van der Waals surface area (Å²) in [5, 5.41) is 4.79. The summed E-state index contributed by atoms with van der Waals surface area (Å²) in [4.78, 5) is 15.3. The maximum absolute atomic E-state index is 5.09. The Morgan fingerprint density at radius 1 is 0.411 bits per heavy atom. The van der Waals surface area contributed by atoms with E-state index in [0.717, 1.165) is 60.0 Å². The Kier molecular flexibility index (Phi) is 11.3. The van der Waals surface area contributed by atoms with E-state index in [2.05, 4.69) is 156 Å². The van der Waals surface area contributed by atoms with Gasteiger partial charge < -0.3 is 18.9 Å². The first kappa shape index (κ1) is 37.3. The maximum atomic E-state index is 5.09. The van der Waals surface area contributed by atoms with Crippen molar-refractivity contribution in [2.24, 2.45) is 0 Å². The van der Waals surface area contributed by atoms with E-state index < -0.39 is 0 Å². The summed E-state index contributed by atoms with van der Waals surface area (Å²) in [7, 11) is 0. The lowest BCUT2D eigenvalue weighted by Crippen LogP contribution is -2.25. The molecule has 0 aliphatic rings. The molecular weight excluding hydrogens is 685 g/mol. The summed E-state index contributed by atoms with van der Waals surface area (Å²) in [6.45, 7) is 13.5. The lowest BCUT2D eigenvalue weighted by molar-refractivity contribution is 0.678. The zero-order chi connectivity index (χ0) is 38.4. The largest absolute Gasteiger partial charge is 0.372 e. The normalized spacial score (nSPS) is 11.7. The molecule has 0 aliphatic carbocycles. The molecule has 0 saturated heterocycles. The predicted octanol–water partition coefficient (Wildman–Crippen LogP) is 13.2. The first-order valence-electron chi connectivity index (χ1n) is 21.1. The van der Waals surface area contributed by atoms with Crippen LogP contribution in [-0.2, 0) is 0 Å². The van der Waals surface area contributed by atoms with Crippen molar-refractivity contribution >= 4 is 55.0 Å². The van der Waals surface area contributed by atoms with Gasteiger partial charge in [0.05, 0.1) is 45.8 Å². The lowest BCUT2D eigenvalue weighted by Gasteiger charge is -2.25. The minimum absolute atomic E-state index is 0.876. The minimum Gasteiger partial charge on any atom is -0.372 e. The Morgan fingerprint density at radius 2 is 0.768 bits per heavy atom. The highest BCUT2D eigenvalue weighted by molar-refractivity contribution is 6.11. The van der Waals surface area contributed by atoms with E-state index in [1.807, 2.05) is 12.4 Å². The summed E-state index contributed by atoms with van der Waals surface area (Å²) in [6, 6.07) is 40.1. The van der Waals surface area contributed by atoms with Gasteiger partial charge in [-0.1, -0.05) is 89.8 Å². The highest BCUT2D eigenvalue weighted by Crippen LogP contribution is 2.37. The van der Waals surface area contributed by atoms with Gasteiger partial charge in [-0.3, -0.25) is 9.97 Å². The summed E-state index contributed by atoms with van der Waals surface area (Å²) in [5.41, 5.74) is 11.2. The second-order valence-electron chi connectivity index (χ2n) is 15.3. The van der Waals surface area contributed by atoms with Crippen LogP contribution in [0.3, 0.4) is 0 Å². The fraction of sp³-hybridized carbons (Fsp3) is 0.320. The Morgan fingerprint density at radius 3 is 1.12 bits per heavy atom. The van der Waals surface area contributed by atoms with Crippen LogP contribution in [0.5, 0.6) is 0 Å². The van der Waals surface area contributed by atoms with Crippen molar-refractivity contribution in [1.82, 2.24) is 19.1 Å². The number of nitrogens with zero attached hydrogens (tertiary/aromatic N) is 6. The molecule has 0 aliphatic heterocycles. The van der Waals surface area contributed by atoms with Crippen LogP contribution in [-0.4, -0.2) is 45.3 Å². The number of hydrogen-bond donors (Lipinski definition) is 0. The Balaban J connectivity index is 1.16. The number of pyridine rings is 2. The van der Waals surface area contributed by atoms with Crippen molar-refractivity contribution < 1.29 is 0 Å². The second kappa shape index (κ2) is 17.0. The molecule has 4 aromatic heterocycles. The molecule has 0 saturated carbocycles. The van der Waals surface area contributed by atoms with Crippen molar-refractivity contribution in [2.45, 2.75) is 79.1 Å². The fourth-order valence-electron chi connectivity index (χ4n) is 8.33. The quantitative estimate of drug-likeness (QED) is 0.0932. The summed E-state index contributed by atoms with van der Waals surface area (Å²) < 4.78 is 4.71. The van der Waals surface area contributed by atoms with E-state index >= 15 is 0 Å². The molecule has 8 aromatic rings. The van der Waals surface area contributed by atoms with E-state index in [1.54, 1.807) is 0 Å². The number of fused-ring (bicyclic) bond motifs is 6. The Labute approximate surface area is 332 Å². The second-order valence-corrected chi connectivity index (χ2v) is 15.3. The number of hydrogen-bond acceptors (Lipinski definition) is 4. The molecule has 0 bridgehead atoms. The third kappa shape index (κ3) is 7.25. The Bertz CT molecular complexity index is 2350. The number of para-hydroxylation sites is 2. The van der Waals surface area contributed by atoms with Gasteiger partial charge in [0, 0.05) is 70.5 Å². The maximum Gasteiger partial charge on any atom is 0.0894 e. The molecule has 0 N–H and O–H groups in total. The standard InChI is InChI=1S/C50H56N6/c1-5-9-29-53(30-10-6-2)37-21-25-39(26-22-37)55-47-19-15-13-17-41(47)43-33-45(51-35-49(43)55)46-34-44-42-18-14-16-20-48(42)56(50(44)36-52-46)40-27-23-38(24-28-40)54(31-11-7-3)32-12-8-4/h13-28,33-36H,5-12,29-32H2,1-4H3. The molecule has 286 valence electrons. The van der Waals surface area contributed by atoms with Gasteiger partial charge in [0.25, 0.3) is 0 Å². The fourth-order valence-corrected chi connectivity index (χ4v) is 8.33. The SMILES string of the molecule is CCCCN(CCCC)c1ccc(-n2c3ccccc3c3cc(-c4cc5c6ccccc6n(-c6ccc(N(CCCC)CCCC)cc6)c5cn4)ncc32)cc1. The first-order chi connectivity index (χ1) is 27.6. The van der Waals surface area contributed by atoms with Crippen molar-refractivity contribution in [3.63, 3.8) is 0 Å². The van der Waals surface area contributed by atoms with Gasteiger partial charge in [-0.25, -0.2) is 0 Å². The van der Waals surface area contributed by atoms with Crippen LogP contribution in [0.4, 0.5) is 11.4 Å². The van der Waals surface area contributed by atoms with Crippen LogP contribution in [0.15, 0.2) is 122 Å². The van der Waals surface area contributed by atoms with E-state index in [4.69, 9.17) is 9.97 Å². The number of rotatable bonds is 17. The van der Waals surface area contributed by atoms with Gasteiger partial charge in [-0.15, -0.1) is 0 Å². The van der Waals surface area contributed by atoms with E-state index in [-0.39, 0.29) is 0 Å². The van der Waals surface area contributed by atoms with Crippen molar-refractivity contribution in [3.05, 3.63) is 122 Å². The van der Waals surface area contributed by atoms with Crippen LogP contribution in [0, 0.1) is 0 Å². The van der Waals surface area contributed by atoms with E-state index in [0.29, 0.717) is 0 Å². The molecule has 0 atom stereocenters. The van der Waals surface area contributed by atoms with Crippen molar-refractivity contribution in [2.75, 3.05) is 36.0 Å². The van der Waals surface area contributed by atoms with Crippen LogP contribution in [0.25, 0.3) is 66.4 Å². The highest BCUT2D eigenvalue weighted by Gasteiger charge is 2.18. The van der Waals surface area contributed by atoms with Crippen LogP contribution in [0.2, 0.25) is 0 Å². The summed E-state index contributed by atoms with van der Waals surface area (Å²) in [6.07, 6.45) is 13.7. The zero-order valence-corrected chi connectivity index (χ0v) is 33.7. The molecule has 0 fully saturated rings. The predicted molar refractivity (Wildman–Crippen MR) is 240 cm³/mol. The van der Waals surface area contributed by atoms with Crippen molar-refractivity contribution in [3.8, 4) is 22.8 Å². The molecule has 6 heteroatoms. The molecule has 6 nitrogen and oxygen atoms in total. The van der Waals surface area contributed by atoms with Gasteiger partial charge in [-0.2, -0.15) is 0 Å². The first-order valence-corrected chi connectivity index (χ1v) is 21.1. The molecule has 8 rings (SSSR count). The lowest BCUT2D eigenvalue weighted by atomic mass is 10.1. The smallest absolute Gasteiger partial charge is 0.0894 e. The van der Waals surface area contributed by atoms with Gasteiger partial charge in [0.2, 0.25) is 0 Å². The molecule has 0 radical (unpaired) electrons. The number of anilines is 2.